The Hall–Kier alpha value is -2.66. The fourth-order valence-electron chi connectivity index (χ4n) is 3.23. The van der Waals surface area contributed by atoms with Gasteiger partial charge in [0.25, 0.3) is 5.56 Å². The average molecular weight is 306 g/mol. The summed E-state index contributed by atoms with van der Waals surface area (Å²) in [5.74, 6) is 0.517. The second kappa shape index (κ2) is 5.52. The molecule has 0 bridgehead atoms. The van der Waals surface area contributed by atoms with Crippen LogP contribution in [0.5, 0.6) is 0 Å². The molecule has 0 saturated heterocycles. The highest BCUT2D eigenvalue weighted by molar-refractivity contribution is 5.78. The predicted molar refractivity (Wildman–Crippen MR) is 91.5 cm³/mol. The highest BCUT2D eigenvalue weighted by Gasteiger charge is 2.23. The largest absolute Gasteiger partial charge is 0.348 e. The van der Waals surface area contributed by atoms with Gasteiger partial charge in [-0.05, 0) is 30.3 Å². The van der Waals surface area contributed by atoms with E-state index in [1.54, 1.807) is 6.07 Å². The van der Waals surface area contributed by atoms with E-state index in [0.717, 1.165) is 13.1 Å². The van der Waals surface area contributed by atoms with Crippen LogP contribution in [-0.4, -0.2) is 28.5 Å². The van der Waals surface area contributed by atoms with Crippen molar-refractivity contribution in [3.8, 4) is 0 Å². The third-order valence-electron chi connectivity index (χ3n) is 4.29. The lowest BCUT2D eigenvalue weighted by Crippen LogP contribution is -2.34. The van der Waals surface area contributed by atoms with E-state index in [0.29, 0.717) is 16.9 Å². The first-order valence-corrected chi connectivity index (χ1v) is 7.72. The van der Waals surface area contributed by atoms with Crippen molar-refractivity contribution >= 4 is 16.9 Å². The molecule has 1 aromatic heterocycles. The molecule has 0 saturated carbocycles. The number of para-hydroxylation sites is 1. The molecule has 2 aromatic carbocycles. The van der Waals surface area contributed by atoms with Crippen LogP contribution in [0.1, 0.15) is 17.2 Å². The summed E-state index contributed by atoms with van der Waals surface area (Å²) in [7, 11) is 2.10. The van der Waals surface area contributed by atoms with E-state index in [1.807, 2.05) is 18.2 Å². The molecule has 5 nitrogen and oxygen atoms in total. The fraction of sp³-hybridized carbons (Fsp3) is 0.222. The minimum atomic E-state index is -0.115. The quantitative estimate of drug-likeness (QED) is 0.764. The first-order valence-electron chi connectivity index (χ1n) is 7.72. The number of hydrogen-bond donors (Lipinski definition) is 2. The number of H-pyrrole nitrogens is 1. The number of fused-ring (bicyclic) bond motifs is 2. The summed E-state index contributed by atoms with van der Waals surface area (Å²) in [6, 6.07) is 15.9. The topological polar surface area (TPSA) is 61.0 Å². The molecule has 4 rings (SSSR count). The maximum absolute atomic E-state index is 12.2. The lowest BCUT2D eigenvalue weighted by Gasteiger charge is -2.32. The normalized spacial score (nSPS) is 17.9. The highest BCUT2D eigenvalue weighted by Crippen LogP contribution is 2.27. The Labute approximate surface area is 134 Å². The number of nitrogens with zero attached hydrogens (tertiary/aromatic N) is 2. The van der Waals surface area contributed by atoms with E-state index in [9.17, 15) is 4.79 Å². The van der Waals surface area contributed by atoms with E-state index in [4.69, 9.17) is 0 Å². The average Bonchev–Trinajstić information content (AvgIpc) is 2.55. The molecule has 2 heterocycles. The van der Waals surface area contributed by atoms with Crippen molar-refractivity contribution in [2.45, 2.75) is 12.6 Å². The Kier molecular flexibility index (Phi) is 3.35. The summed E-state index contributed by atoms with van der Waals surface area (Å²) in [6.45, 7) is 1.81. The third-order valence-corrected chi connectivity index (χ3v) is 4.29. The van der Waals surface area contributed by atoms with Gasteiger partial charge in [0, 0.05) is 13.1 Å². The van der Waals surface area contributed by atoms with E-state index in [1.165, 1.54) is 11.1 Å². The van der Waals surface area contributed by atoms with Gasteiger partial charge in [-0.25, -0.2) is 4.98 Å². The number of aromatic amines is 1. The number of hydrogen-bond acceptors (Lipinski definition) is 4. The molecule has 1 aliphatic rings. The van der Waals surface area contributed by atoms with Gasteiger partial charge in [-0.15, -0.1) is 0 Å². The maximum atomic E-state index is 12.2. The summed E-state index contributed by atoms with van der Waals surface area (Å²) < 4.78 is 0. The molecule has 0 fully saturated rings. The van der Waals surface area contributed by atoms with Gasteiger partial charge >= 0.3 is 0 Å². The Morgan fingerprint density at radius 3 is 2.87 bits per heavy atom. The summed E-state index contributed by atoms with van der Waals surface area (Å²) in [5.41, 5.74) is 3.16. The SMILES string of the molecule is CN1Cc2ccccc2C(Nc2nc3ccccc3c(=O)[nH]2)C1. The van der Waals surface area contributed by atoms with E-state index < -0.39 is 0 Å². The lowest BCUT2D eigenvalue weighted by atomic mass is 9.96. The van der Waals surface area contributed by atoms with Crippen LogP contribution >= 0.6 is 0 Å². The summed E-state index contributed by atoms with van der Waals surface area (Å²) in [6.07, 6.45) is 0. The standard InChI is InChI=1S/C18H18N4O/c1-22-10-12-6-2-3-7-13(12)16(11-22)20-18-19-15-9-5-4-8-14(15)17(23)21-18/h2-9,16H,10-11H2,1H3,(H2,19,20,21,23). The van der Waals surface area contributed by atoms with Crippen molar-refractivity contribution in [1.82, 2.24) is 14.9 Å². The first kappa shape index (κ1) is 14.0. The number of anilines is 1. The lowest BCUT2D eigenvalue weighted by molar-refractivity contribution is 0.290. The van der Waals surface area contributed by atoms with E-state index in [-0.39, 0.29) is 11.6 Å². The van der Waals surface area contributed by atoms with Gasteiger partial charge in [-0.2, -0.15) is 0 Å². The van der Waals surface area contributed by atoms with E-state index >= 15 is 0 Å². The van der Waals surface area contributed by atoms with Gasteiger partial charge in [0.1, 0.15) is 0 Å². The first-order chi connectivity index (χ1) is 11.2. The summed E-state index contributed by atoms with van der Waals surface area (Å²) in [4.78, 5) is 21.9. The predicted octanol–water partition coefficient (Wildman–Crippen LogP) is 2.52. The monoisotopic (exact) mass is 306 g/mol. The van der Waals surface area contributed by atoms with Crippen LogP contribution in [0.25, 0.3) is 10.9 Å². The van der Waals surface area contributed by atoms with Crippen molar-refractivity contribution < 1.29 is 0 Å². The van der Waals surface area contributed by atoms with Crippen LogP contribution in [-0.2, 0) is 6.54 Å². The Bertz CT molecular complexity index is 918. The number of rotatable bonds is 2. The zero-order chi connectivity index (χ0) is 15.8. The van der Waals surface area contributed by atoms with Crippen LogP contribution in [0, 0.1) is 0 Å². The molecule has 1 atom stereocenters. The van der Waals surface area contributed by atoms with Gasteiger partial charge in [0.05, 0.1) is 16.9 Å². The molecule has 0 spiro atoms. The Balaban J connectivity index is 1.72. The molecule has 23 heavy (non-hydrogen) atoms. The third kappa shape index (κ3) is 2.59. The zero-order valence-electron chi connectivity index (χ0n) is 12.9. The van der Waals surface area contributed by atoms with Crippen molar-refractivity contribution in [2.75, 3.05) is 18.9 Å². The molecule has 1 aliphatic heterocycles. The van der Waals surface area contributed by atoms with E-state index in [2.05, 4.69) is 51.5 Å². The van der Waals surface area contributed by atoms with Gasteiger partial charge in [0.2, 0.25) is 5.95 Å². The molecule has 0 amide bonds. The van der Waals surface area contributed by atoms with Crippen molar-refractivity contribution in [3.63, 3.8) is 0 Å². The minimum absolute atomic E-state index is 0.106. The molecule has 3 aromatic rings. The number of aromatic nitrogens is 2. The molecule has 0 aliphatic carbocycles. The molecule has 5 heteroatoms. The van der Waals surface area contributed by atoms with Crippen molar-refractivity contribution in [1.29, 1.82) is 0 Å². The molecular formula is C18H18N4O. The van der Waals surface area contributed by atoms with Gasteiger partial charge in [-0.1, -0.05) is 36.4 Å². The Morgan fingerprint density at radius 2 is 1.96 bits per heavy atom. The molecule has 1 unspecified atom stereocenters. The van der Waals surface area contributed by atoms with Crippen LogP contribution in [0.2, 0.25) is 0 Å². The molecule has 2 N–H and O–H groups in total. The van der Waals surface area contributed by atoms with Gasteiger partial charge in [0.15, 0.2) is 0 Å². The Morgan fingerprint density at radius 1 is 1.17 bits per heavy atom. The molecule has 0 radical (unpaired) electrons. The maximum Gasteiger partial charge on any atom is 0.260 e. The van der Waals surface area contributed by atoms with Crippen molar-refractivity contribution in [3.05, 3.63) is 70.0 Å². The smallest absolute Gasteiger partial charge is 0.260 e. The number of benzene rings is 2. The second-order valence-corrected chi connectivity index (χ2v) is 6.02. The van der Waals surface area contributed by atoms with Crippen LogP contribution in [0.15, 0.2) is 53.3 Å². The highest BCUT2D eigenvalue weighted by atomic mass is 16.1. The number of likely N-dealkylation sites (N-methyl/N-ethyl adjacent to an activating group) is 1. The van der Waals surface area contributed by atoms with Crippen LogP contribution < -0.4 is 10.9 Å². The van der Waals surface area contributed by atoms with Gasteiger partial charge < -0.3 is 5.32 Å². The molecular weight excluding hydrogens is 288 g/mol. The number of nitrogens with one attached hydrogen (secondary N) is 2. The minimum Gasteiger partial charge on any atom is -0.348 e. The summed E-state index contributed by atoms with van der Waals surface area (Å²) >= 11 is 0. The summed E-state index contributed by atoms with van der Waals surface area (Å²) in [5, 5.41) is 4.00. The van der Waals surface area contributed by atoms with Crippen LogP contribution in [0.4, 0.5) is 5.95 Å². The fourth-order valence-corrected chi connectivity index (χ4v) is 3.23. The van der Waals surface area contributed by atoms with Crippen LogP contribution in [0.3, 0.4) is 0 Å². The molecule has 116 valence electrons. The second-order valence-electron chi connectivity index (χ2n) is 6.02. The van der Waals surface area contributed by atoms with Crippen molar-refractivity contribution in [2.24, 2.45) is 0 Å². The zero-order valence-corrected chi connectivity index (χ0v) is 12.9. The van der Waals surface area contributed by atoms with Gasteiger partial charge in [-0.3, -0.25) is 14.7 Å².